The van der Waals surface area contributed by atoms with Crippen LogP contribution in [-0.4, -0.2) is 43.5 Å². The predicted molar refractivity (Wildman–Crippen MR) is 135 cm³/mol. The quantitative estimate of drug-likeness (QED) is 0.532. The summed E-state index contributed by atoms with van der Waals surface area (Å²) in [5, 5.41) is 14.5. The third kappa shape index (κ3) is 5.87. The zero-order valence-corrected chi connectivity index (χ0v) is 20.6. The lowest BCUT2D eigenvalue weighted by molar-refractivity contribution is -0.135. The maximum absolute atomic E-state index is 12.8. The summed E-state index contributed by atoms with van der Waals surface area (Å²) in [6.07, 6.45) is 3.21. The molecule has 0 spiro atoms. The number of nitrogens with zero attached hydrogens (tertiary/aromatic N) is 3. The number of hydrogen-bond acceptors (Lipinski definition) is 4. The Bertz CT molecular complexity index is 1050. The number of hydrogen-bond donors (Lipinski definition) is 1. The monoisotopic (exact) mass is 504 g/mol. The molecular weight excluding hydrogens is 479 g/mol. The molecule has 1 N–H and O–H groups in total. The number of piperidine rings is 1. The molecule has 33 heavy (non-hydrogen) atoms. The largest absolute Gasteiger partial charge is 0.383 e. The zero-order valence-electron chi connectivity index (χ0n) is 18.4. The number of nitrogens with one attached hydrogen (secondary N) is 1. The van der Waals surface area contributed by atoms with E-state index in [2.05, 4.69) is 22.4 Å². The Labute approximate surface area is 210 Å². The van der Waals surface area contributed by atoms with Crippen molar-refractivity contribution in [2.24, 2.45) is 11.8 Å². The van der Waals surface area contributed by atoms with E-state index in [1.165, 1.54) is 0 Å². The molecule has 1 amide bonds. The molecule has 2 aromatic carbocycles. The van der Waals surface area contributed by atoms with Gasteiger partial charge in [0.05, 0.1) is 22.7 Å². The molecule has 0 saturated carbocycles. The van der Waals surface area contributed by atoms with Crippen molar-refractivity contribution in [2.75, 3.05) is 42.9 Å². The molecule has 0 bridgehead atoms. The van der Waals surface area contributed by atoms with Gasteiger partial charge in [-0.2, -0.15) is 5.26 Å². The minimum atomic E-state index is -0.00950. The SMILES string of the molecule is N#C[C@@H]1CCN(C(=O)C2CCN(c3ccc(Cl)c(NCCc4ccc(Cl)cc4Cl)c3)CC2)C1. The lowest BCUT2D eigenvalue weighted by atomic mass is 9.95. The van der Waals surface area contributed by atoms with E-state index in [0.29, 0.717) is 34.7 Å². The first-order valence-electron chi connectivity index (χ1n) is 11.4. The van der Waals surface area contributed by atoms with Crippen LogP contribution in [0.15, 0.2) is 36.4 Å². The summed E-state index contributed by atoms with van der Waals surface area (Å²) >= 11 is 18.7. The second-order valence-corrected chi connectivity index (χ2v) is 9.99. The van der Waals surface area contributed by atoms with Crippen LogP contribution < -0.4 is 10.2 Å². The number of anilines is 2. The number of halogens is 3. The second-order valence-electron chi connectivity index (χ2n) is 8.74. The smallest absolute Gasteiger partial charge is 0.225 e. The molecule has 4 rings (SSSR count). The zero-order chi connectivity index (χ0) is 23.4. The van der Waals surface area contributed by atoms with E-state index in [1.807, 2.05) is 29.2 Å². The summed E-state index contributed by atoms with van der Waals surface area (Å²) in [5.41, 5.74) is 3.02. The van der Waals surface area contributed by atoms with Crippen molar-refractivity contribution in [1.82, 2.24) is 4.90 Å². The van der Waals surface area contributed by atoms with E-state index in [0.717, 1.165) is 55.7 Å². The number of nitriles is 1. The van der Waals surface area contributed by atoms with Crippen molar-refractivity contribution < 1.29 is 4.79 Å². The first-order valence-corrected chi connectivity index (χ1v) is 12.5. The molecule has 0 aromatic heterocycles. The van der Waals surface area contributed by atoms with E-state index in [4.69, 9.17) is 40.1 Å². The van der Waals surface area contributed by atoms with E-state index < -0.39 is 0 Å². The van der Waals surface area contributed by atoms with Crippen molar-refractivity contribution in [3.63, 3.8) is 0 Å². The van der Waals surface area contributed by atoms with Gasteiger partial charge in [0.25, 0.3) is 0 Å². The van der Waals surface area contributed by atoms with Gasteiger partial charge in [0.2, 0.25) is 5.91 Å². The van der Waals surface area contributed by atoms with Gasteiger partial charge in [-0.3, -0.25) is 4.79 Å². The number of rotatable bonds is 6. The Morgan fingerprint density at radius 2 is 1.82 bits per heavy atom. The normalized spacial score (nSPS) is 18.9. The highest BCUT2D eigenvalue weighted by atomic mass is 35.5. The summed E-state index contributed by atoms with van der Waals surface area (Å²) in [6, 6.07) is 13.9. The third-order valence-corrected chi connectivity index (χ3v) is 7.48. The molecule has 2 saturated heterocycles. The number of amides is 1. The van der Waals surface area contributed by atoms with Crippen LogP contribution in [0, 0.1) is 23.2 Å². The average Bonchev–Trinajstić information content (AvgIpc) is 3.31. The summed E-state index contributed by atoms with van der Waals surface area (Å²) < 4.78 is 0. The molecule has 0 radical (unpaired) electrons. The van der Waals surface area contributed by atoms with Crippen molar-refractivity contribution in [3.8, 4) is 6.07 Å². The van der Waals surface area contributed by atoms with Crippen molar-refractivity contribution in [2.45, 2.75) is 25.7 Å². The van der Waals surface area contributed by atoms with Crippen LogP contribution in [0.2, 0.25) is 15.1 Å². The highest BCUT2D eigenvalue weighted by molar-refractivity contribution is 6.35. The Kier molecular flexibility index (Phi) is 7.90. The highest BCUT2D eigenvalue weighted by Gasteiger charge is 2.33. The van der Waals surface area contributed by atoms with Gasteiger partial charge in [0, 0.05) is 54.4 Å². The fourth-order valence-corrected chi connectivity index (χ4v) is 5.30. The first-order chi connectivity index (χ1) is 15.9. The van der Waals surface area contributed by atoms with Gasteiger partial charge in [-0.15, -0.1) is 0 Å². The van der Waals surface area contributed by atoms with Crippen LogP contribution in [0.3, 0.4) is 0 Å². The molecule has 8 heteroatoms. The first kappa shape index (κ1) is 24.0. The van der Waals surface area contributed by atoms with E-state index in [-0.39, 0.29) is 17.7 Å². The molecule has 2 aliphatic rings. The molecule has 5 nitrogen and oxygen atoms in total. The molecule has 2 fully saturated rings. The predicted octanol–water partition coefficient (Wildman–Crippen LogP) is 5.89. The van der Waals surface area contributed by atoms with Crippen LogP contribution in [0.4, 0.5) is 11.4 Å². The maximum Gasteiger partial charge on any atom is 0.225 e. The maximum atomic E-state index is 12.8. The summed E-state index contributed by atoms with van der Waals surface area (Å²) in [4.78, 5) is 17.0. The minimum Gasteiger partial charge on any atom is -0.383 e. The number of carbonyl (C=O) groups is 1. The van der Waals surface area contributed by atoms with Crippen LogP contribution in [0.5, 0.6) is 0 Å². The van der Waals surface area contributed by atoms with Gasteiger partial charge >= 0.3 is 0 Å². The molecule has 0 unspecified atom stereocenters. The molecule has 1 atom stereocenters. The molecule has 2 aliphatic heterocycles. The summed E-state index contributed by atoms with van der Waals surface area (Å²) in [5.74, 6) is 0.254. The third-order valence-electron chi connectivity index (χ3n) is 6.57. The topological polar surface area (TPSA) is 59.4 Å². The highest BCUT2D eigenvalue weighted by Crippen LogP contribution is 2.31. The van der Waals surface area contributed by atoms with Crippen LogP contribution >= 0.6 is 34.8 Å². The van der Waals surface area contributed by atoms with Crippen LogP contribution in [0.25, 0.3) is 0 Å². The van der Waals surface area contributed by atoms with E-state index >= 15 is 0 Å². The number of benzene rings is 2. The van der Waals surface area contributed by atoms with Crippen LogP contribution in [0.1, 0.15) is 24.8 Å². The van der Waals surface area contributed by atoms with E-state index in [9.17, 15) is 4.79 Å². The van der Waals surface area contributed by atoms with Gasteiger partial charge < -0.3 is 15.1 Å². The van der Waals surface area contributed by atoms with Crippen molar-refractivity contribution in [3.05, 3.63) is 57.0 Å². The van der Waals surface area contributed by atoms with Crippen LogP contribution in [-0.2, 0) is 11.2 Å². The van der Waals surface area contributed by atoms with Gasteiger partial charge in [-0.25, -0.2) is 0 Å². The van der Waals surface area contributed by atoms with Gasteiger partial charge in [-0.05, 0) is 61.6 Å². The molecule has 174 valence electrons. The minimum absolute atomic E-state index is 0.00950. The lowest BCUT2D eigenvalue weighted by Gasteiger charge is -2.34. The van der Waals surface area contributed by atoms with Crippen molar-refractivity contribution >= 4 is 52.1 Å². The van der Waals surface area contributed by atoms with Gasteiger partial charge in [0.15, 0.2) is 0 Å². The van der Waals surface area contributed by atoms with Gasteiger partial charge in [0.1, 0.15) is 0 Å². The van der Waals surface area contributed by atoms with Crippen molar-refractivity contribution in [1.29, 1.82) is 5.26 Å². The number of likely N-dealkylation sites (tertiary alicyclic amines) is 1. The standard InChI is InChI=1S/C25H27Cl3N4O/c26-20-2-1-18(23(28)13-20)5-9-30-24-14-21(3-4-22(24)27)31-11-7-19(8-12-31)25(33)32-10-6-17(15-29)16-32/h1-4,13-14,17,19,30H,5-12,16H2/t17-/m0/s1. The molecular formula is C25H27Cl3N4O. The summed E-state index contributed by atoms with van der Waals surface area (Å²) in [6.45, 7) is 3.65. The molecule has 2 aromatic rings. The Morgan fingerprint density at radius 3 is 2.52 bits per heavy atom. The van der Waals surface area contributed by atoms with Gasteiger partial charge in [-0.1, -0.05) is 40.9 Å². The fourth-order valence-electron chi connectivity index (χ4n) is 4.61. The number of carbonyl (C=O) groups excluding carboxylic acids is 1. The molecule has 0 aliphatic carbocycles. The lowest BCUT2D eigenvalue weighted by Crippen LogP contribution is -2.42. The summed E-state index contributed by atoms with van der Waals surface area (Å²) in [7, 11) is 0. The Balaban J connectivity index is 1.31. The Hall–Kier alpha value is -2.13. The Morgan fingerprint density at radius 1 is 1.03 bits per heavy atom. The average molecular weight is 506 g/mol. The molecule has 2 heterocycles. The second kappa shape index (κ2) is 10.9. The fraction of sp³-hybridized carbons (Fsp3) is 0.440. The van der Waals surface area contributed by atoms with E-state index in [1.54, 1.807) is 6.07 Å².